The summed E-state index contributed by atoms with van der Waals surface area (Å²) in [6.07, 6.45) is 3.95. The Labute approximate surface area is 336 Å². The van der Waals surface area contributed by atoms with Gasteiger partial charge in [-0.2, -0.15) is 0 Å². The van der Waals surface area contributed by atoms with Gasteiger partial charge in [-0.1, -0.05) is 30.3 Å². The van der Waals surface area contributed by atoms with E-state index in [0.29, 0.717) is 49.6 Å². The van der Waals surface area contributed by atoms with Crippen LogP contribution in [-0.2, 0) is 32.1 Å². The quantitative estimate of drug-likeness (QED) is 0.0737. The van der Waals surface area contributed by atoms with Crippen molar-refractivity contribution < 1.29 is 38.6 Å². The zero-order valence-electron chi connectivity index (χ0n) is 32.5. The lowest BCUT2D eigenvalue weighted by molar-refractivity contribution is -0.136. The van der Waals surface area contributed by atoms with Crippen LogP contribution in [-0.4, -0.2) is 136 Å². The van der Waals surface area contributed by atoms with Crippen LogP contribution >= 0.6 is 0 Å². The number of Topliss-reactive ketones (excluding diaryl/α,β-unsaturated/α-hetero) is 2. The average molecular weight is 795 g/mol. The summed E-state index contributed by atoms with van der Waals surface area (Å²) in [6.45, 7) is 5.49. The summed E-state index contributed by atoms with van der Waals surface area (Å²) in [6, 6.07) is 14.1. The van der Waals surface area contributed by atoms with Gasteiger partial charge in [0, 0.05) is 76.7 Å². The van der Waals surface area contributed by atoms with Gasteiger partial charge < -0.3 is 20.5 Å². The molecule has 4 N–H and O–H groups in total. The number of β-amino-alcohol motifs (C(OH)–C–C–N with tert-alkyl or cyclic N) is 1. The molecule has 4 aliphatic heterocycles. The lowest BCUT2D eigenvalue weighted by Crippen LogP contribution is -2.54. The van der Waals surface area contributed by atoms with E-state index in [0.717, 1.165) is 50.5 Å². The highest BCUT2D eigenvalue weighted by molar-refractivity contribution is 6.25. The maximum absolute atomic E-state index is 13.2. The van der Waals surface area contributed by atoms with Crippen LogP contribution in [0.5, 0.6) is 0 Å². The minimum atomic E-state index is -1.03. The first-order valence-electron chi connectivity index (χ1n) is 20.1. The number of aliphatic hydroxyl groups is 1. The highest BCUT2D eigenvalue weighted by atomic mass is 16.5. The van der Waals surface area contributed by atoms with Gasteiger partial charge in [-0.05, 0) is 55.5 Å². The number of aromatic nitrogens is 2. The van der Waals surface area contributed by atoms with E-state index >= 15 is 0 Å². The summed E-state index contributed by atoms with van der Waals surface area (Å²) in [5.41, 5.74) is 3.82. The second kappa shape index (κ2) is 18.9. The monoisotopic (exact) mass is 794 g/mol. The second-order valence-corrected chi connectivity index (χ2v) is 15.4. The largest absolute Gasteiger partial charge is 0.392 e. The zero-order valence-corrected chi connectivity index (χ0v) is 32.5. The molecular formula is C42H50N8O8. The number of benzene rings is 2. The van der Waals surface area contributed by atoms with Gasteiger partial charge in [0.1, 0.15) is 29.7 Å². The van der Waals surface area contributed by atoms with Gasteiger partial charge in [0.25, 0.3) is 11.8 Å². The van der Waals surface area contributed by atoms with E-state index in [9.17, 15) is 33.9 Å². The van der Waals surface area contributed by atoms with Crippen LogP contribution in [0.1, 0.15) is 87.3 Å². The number of nitrogens with zero attached hydrogens (tertiary/aromatic N) is 5. The van der Waals surface area contributed by atoms with Crippen molar-refractivity contribution in [2.24, 2.45) is 0 Å². The van der Waals surface area contributed by atoms with Crippen molar-refractivity contribution in [3.63, 3.8) is 0 Å². The predicted molar refractivity (Wildman–Crippen MR) is 212 cm³/mol. The maximum atomic E-state index is 13.2. The molecule has 4 amide bonds. The Kier molecular flexibility index (Phi) is 13.3. The molecule has 2 fully saturated rings. The minimum absolute atomic E-state index is 0.0509. The highest BCUT2D eigenvalue weighted by Crippen LogP contribution is 2.32. The molecule has 306 valence electrons. The summed E-state index contributed by atoms with van der Waals surface area (Å²) in [5, 5.41) is 19.3. The number of amides is 4. The molecule has 0 saturated carbocycles. The normalized spacial score (nSPS) is 19.0. The predicted octanol–water partition coefficient (Wildman–Crippen LogP) is 2.22. The number of carbonyl (C=O) groups excluding carboxylic acids is 6. The van der Waals surface area contributed by atoms with Gasteiger partial charge in [-0.3, -0.25) is 48.8 Å². The molecule has 2 saturated heterocycles. The zero-order chi connectivity index (χ0) is 40.6. The third-order valence-corrected chi connectivity index (χ3v) is 11.1. The summed E-state index contributed by atoms with van der Waals surface area (Å²) in [7, 11) is 0. The molecule has 0 spiro atoms. The number of anilines is 2. The highest BCUT2D eigenvalue weighted by Gasteiger charge is 2.45. The topological polar surface area (TPSA) is 203 Å². The minimum Gasteiger partial charge on any atom is -0.392 e. The van der Waals surface area contributed by atoms with Crippen molar-refractivity contribution in [1.82, 2.24) is 30.0 Å². The third-order valence-electron chi connectivity index (χ3n) is 11.1. The number of carbonyl (C=O) groups is 6. The van der Waals surface area contributed by atoms with E-state index in [1.54, 1.807) is 24.3 Å². The number of nitrogens with one attached hydrogen (secondary N) is 3. The van der Waals surface area contributed by atoms with Crippen LogP contribution in [0.4, 0.5) is 11.5 Å². The Morgan fingerprint density at radius 3 is 2.59 bits per heavy atom. The van der Waals surface area contributed by atoms with E-state index in [4.69, 9.17) is 4.74 Å². The summed E-state index contributed by atoms with van der Waals surface area (Å²) in [5.74, 6) is -1.65. The first kappa shape index (κ1) is 40.8. The number of fused-ring (bicyclic) bond motifs is 2. The van der Waals surface area contributed by atoms with Crippen LogP contribution in [0.2, 0.25) is 0 Å². The van der Waals surface area contributed by atoms with E-state index in [2.05, 4.69) is 53.9 Å². The number of ketones is 2. The standard InChI is InChI=1S/C42H50N8O8/c51-30(15-19-58-20-16-43-33-9-3-8-32-39(33)42(57)50(41(32)56)35-11-13-38(54)47-40(35)55)7-4-17-48-23-29(24-48)46-37-21-34(44-26-45-37)36(53)12-10-31(52)25-49-18-14-27-5-1-2-6-28(27)22-49/h1-3,5-6,8-9,21,26,29,31,35,43,52H,4,7,10-20,22-25H2,(H,44,45,46)(H,47,54,55)/t31-,35?/m0/s1. The molecule has 3 aromatic rings. The molecule has 58 heavy (non-hydrogen) atoms. The van der Waals surface area contributed by atoms with E-state index in [-0.39, 0.29) is 61.2 Å². The molecule has 0 aliphatic carbocycles. The van der Waals surface area contributed by atoms with Crippen molar-refractivity contribution in [2.75, 3.05) is 63.1 Å². The third kappa shape index (κ3) is 9.99. The van der Waals surface area contributed by atoms with E-state index < -0.39 is 35.8 Å². The van der Waals surface area contributed by atoms with E-state index in [1.165, 1.54) is 17.5 Å². The van der Waals surface area contributed by atoms with Crippen molar-refractivity contribution >= 4 is 46.7 Å². The number of rotatable bonds is 20. The Bertz CT molecular complexity index is 2040. The summed E-state index contributed by atoms with van der Waals surface area (Å²) >= 11 is 0. The lowest BCUT2D eigenvalue weighted by atomic mass is 9.99. The van der Waals surface area contributed by atoms with Crippen LogP contribution < -0.4 is 16.0 Å². The van der Waals surface area contributed by atoms with Gasteiger partial charge in [0.15, 0.2) is 5.78 Å². The first-order chi connectivity index (χ1) is 28.1. The molecule has 16 nitrogen and oxygen atoms in total. The summed E-state index contributed by atoms with van der Waals surface area (Å²) < 4.78 is 5.66. The lowest BCUT2D eigenvalue weighted by Gasteiger charge is -2.39. The fourth-order valence-corrected chi connectivity index (χ4v) is 8.00. The molecule has 5 heterocycles. The van der Waals surface area contributed by atoms with Gasteiger partial charge in [-0.15, -0.1) is 0 Å². The molecule has 2 aromatic carbocycles. The van der Waals surface area contributed by atoms with Gasteiger partial charge in [0.05, 0.1) is 36.5 Å². The average Bonchev–Trinajstić information content (AvgIpc) is 3.46. The first-order valence-corrected chi connectivity index (χ1v) is 20.1. The molecule has 7 rings (SSSR count). The molecule has 0 radical (unpaired) electrons. The number of aliphatic hydroxyl groups excluding tert-OH is 1. The molecule has 0 bridgehead atoms. The number of hydrogen-bond acceptors (Lipinski definition) is 14. The van der Waals surface area contributed by atoms with Crippen LogP contribution in [0.3, 0.4) is 0 Å². The van der Waals surface area contributed by atoms with Crippen LogP contribution in [0.25, 0.3) is 0 Å². The van der Waals surface area contributed by atoms with E-state index in [1.807, 2.05) is 6.07 Å². The smallest absolute Gasteiger partial charge is 0.264 e. The fraction of sp³-hybridized carbons (Fsp3) is 0.476. The Balaban J connectivity index is 0.731. The van der Waals surface area contributed by atoms with Crippen LogP contribution in [0, 0.1) is 0 Å². The number of imide groups is 2. The SMILES string of the molecule is O=C(CCCN1CC(Nc2cc(C(=O)CC[C@H](O)CN3CCc4ccccc4C3)ncn2)C1)CCOCCNc1cccc2c1C(=O)N(C1CCC(=O)NC1=O)C2=O. The van der Waals surface area contributed by atoms with Crippen molar-refractivity contribution in [2.45, 2.75) is 76.1 Å². The molecular weight excluding hydrogens is 745 g/mol. The Morgan fingerprint density at radius 1 is 0.931 bits per heavy atom. The van der Waals surface area contributed by atoms with Crippen molar-refractivity contribution in [3.05, 3.63) is 82.8 Å². The molecule has 1 unspecified atom stereocenters. The molecule has 1 aromatic heterocycles. The number of piperidine rings is 1. The number of hydrogen-bond donors (Lipinski definition) is 4. The molecule has 4 aliphatic rings. The Morgan fingerprint density at radius 2 is 1.76 bits per heavy atom. The summed E-state index contributed by atoms with van der Waals surface area (Å²) in [4.78, 5) is 89.5. The van der Waals surface area contributed by atoms with Crippen molar-refractivity contribution in [3.8, 4) is 0 Å². The van der Waals surface area contributed by atoms with Crippen LogP contribution in [0.15, 0.2) is 54.9 Å². The Hall–Kier alpha value is -5.42. The van der Waals surface area contributed by atoms with Gasteiger partial charge in [0.2, 0.25) is 11.8 Å². The van der Waals surface area contributed by atoms with Gasteiger partial charge >= 0.3 is 0 Å². The maximum Gasteiger partial charge on any atom is 0.264 e. The molecule has 16 heteroatoms. The van der Waals surface area contributed by atoms with Crippen molar-refractivity contribution in [1.29, 1.82) is 0 Å². The number of ether oxygens (including phenoxy) is 1. The van der Waals surface area contributed by atoms with Gasteiger partial charge in [-0.25, -0.2) is 9.97 Å². The second-order valence-electron chi connectivity index (χ2n) is 15.4. The molecule has 2 atom stereocenters. The fourth-order valence-electron chi connectivity index (χ4n) is 8.00. The number of likely N-dealkylation sites (tertiary alicyclic amines) is 1.